The van der Waals surface area contributed by atoms with Crippen LogP contribution in [0, 0.1) is 13.8 Å². The van der Waals surface area contributed by atoms with Gasteiger partial charge in [0.15, 0.2) is 5.16 Å². The van der Waals surface area contributed by atoms with E-state index in [0.29, 0.717) is 21.7 Å². The molecule has 0 saturated carbocycles. The lowest BCUT2D eigenvalue weighted by Gasteiger charge is -2.16. The van der Waals surface area contributed by atoms with E-state index in [1.807, 2.05) is 74.5 Å². The standard InChI is InChI=1S/C24H20BrN3O2S/c1-15-7-5-12-21(16(15)2)28-23(30)19-10-3-4-11-20(19)27-24(28)31-14-22(29)26-18-9-6-8-17(25)13-18/h3-13H,14H2,1-2H3,(H,26,29). The van der Waals surface area contributed by atoms with E-state index in [1.54, 1.807) is 10.6 Å². The topological polar surface area (TPSA) is 64.0 Å². The normalized spacial score (nSPS) is 10.9. The van der Waals surface area contributed by atoms with E-state index >= 15 is 0 Å². The SMILES string of the molecule is Cc1cccc(-n2c(SCC(=O)Nc3cccc(Br)c3)nc3ccccc3c2=O)c1C. The number of nitrogens with zero attached hydrogens (tertiary/aromatic N) is 2. The molecule has 31 heavy (non-hydrogen) atoms. The van der Waals surface area contributed by atoms with Gasteiger partial charge in [-0.3, -0.25) is 14.2 Å². The van der Waals surface area contributed by atoms with Crippen molar-refractivity contribution in [3.05, 3.63) is 92.7 Å². The highest BCUT2D eigenvalue weighted by atomic mass is 79.9. The van der Waals surface area contributed by atoms with Crippen LogP contribution < -0.4 is 10.9 Å². The Morgan fingerprint density at radius 1 is 1.06 bits per heavy atom. The van der Waals surface area contributed by atoms with Gasteiger partial charge in [-0.1, -0.05) is 58.0 Å². The summed E-state index contributed by atoms with van der Waals surface area (Å²) in [6, 6.07) is 20.5. The predicted octanol–water partition coefficient (Wildman–Crippen LogP) is 5.50. The highest BCUT2D eigenvalue weighted by molar-refractivity contribution is 9.10. The molecule has 4 aromatic rings. The van der Waals surface area contributed by atoms with Crippen LogP contribution in [0.1, 0.15) is 11.1 Å². The van der Waals surface area contributed by atoms with Crippen molar-refractivity contribution >= 4 is 50.2 Å². The number of carbonyl (C=O) groups is 1. The molecule has 7 heteroatoms. The summed E-state index contributed by atoms with van der Waals surface area (Å²) < 4.78 is 2.50. The van der Waals surface area contributed by atoms with Gasteiger partial charge in [0.05, 0.1) is 22.3 Å². The number of nitrogens with one attached hydrogen (secondary N) is 1. The fraction of sp³-hybridized carbons (Fsp3) is 0.125. The van der Waals surface area contributed by atoms with Crippen molar-refractivity contribution in [3.8, 4) is 5.69 Å². The minimum Gasteiger partial charge on any atom is -0.325 e. The molecular formula is C24H20BrN3O2S. The van der Waals surface area contributed by atoms with Crippen molar-refractivity contribution in [3.63, 3.8) is 0 Å². The van der Waals surface area contributed by atoms with Gasteiger partial charge >= 0.3 is 0 Å². The maximum absolute atomic E-state index is 13.4. The second-order valence-corrected chi connectivity index (χ2v) is 8.98. The van der Waals surface area contributed by atoms with E-state index in [2.05, 4.69) is 21.2 Å². The molecule has 1 aromatic heterocycles. The summed E-state index contributed by atoms with van der Waals surface area (Å²) >= 11 is 4.65. The number of para-hydroxylation sites is 1. The molecule has 0 aliphatic rings. The lowest BCUT2D eigenvalue weighted by atomic mass is 10.1. The minimum absolute atomic E-state index is 0.127. The van der Waals surface area contributed by atoms with Gasteiger partial charge in [-0.15, -0.1) is 0 Å². The summed E-state index contributed by atoms with van der Waals surface area (Å²) in [5, 5.41) is 3.91. The second-order valence-electron chi connectivity index (χ2n) is 7.12. The van der Waals surface area contributed by atoms with Gasteiger partial charge in [0, 0.05) is 10.2 Å². The molecule has 156 valence electrons. The Bertz CT molecular complexity index is 1350. The van der Waals surface area contributed by atoms with E-state index < -0.39 is 0 Å². The molecule has 0 unspecified atom stereocenters. The van der Waals surface area contributed by atoms with Crippen molar-refractivity contribution in [2.75, 3.05) is 11.1 Å². The number of hydrogen-bond donors (Lipinski definition) is 1. The molecule has 0 aliphatic heterocycles. The Labute approximate surface area is 192 Å². The lowest BCUT2D eigenvalue weighted by molar-refractivity contribution is -0.113. The first kappa shape index (κ1) is 21.3. The summed E-state index contributed by atoms with van der Waals surface area (Å²) in [6.07, 6.45) is 0. The van der Waals surface area contributed by atoms with Crippen LogP contribution >= 0.6 is 27.7 Å². The van der Waals surface area contributed by atoms with Crippen LogP contribution in [-0.4, -0.2) is 21.2 Å². The predicted molar refractivity (Wildman–Crippen MR) is 130 cm³/mol. The summed E-state index contributed by atoms with van der Waals surface area (Å²) in [6.45, 7) is 4.00. The van der Waals surface area contributed by atoms with Crippen molar-refractivity contribution in [1.82, 2.24) is 9.55 Å². The zero-order chi connectivity index (χ0) is 22.0. The molecule has 3 aromatic carbocycles. The third-order valence-corrected chi connectivity index (χ3v) is 6.43. The van der Waals surface area contributed by atoms with E-state index in [9.17, 15) is 9.59 Å². The summed E-state index contributed by atoms with van der Waals surface area (Å²) in [7, 11) is 0. The van der Waals surface area contributed by atoms with E-state index in [4.69, 9.17) is 4.98 Å². The first-order chi connectivity index (χ1) is 14.9. The number of aryl methyl sites for hydroxylation is 1. The molecule has 5 nitrogen and oxygen atoms in total. The Hall–Kier alpha value is -2.90. The summed E-state index contributed by atoms with van der Waals surface area (Å²) in [5.74, 6) is -0.0414. The molecule has 0 saturated heterocycles. The minimum atomic E-state index is -0.168. The fourth-order valence-electron chi connectivity index (χ4n) is 3.29. The number of fused-ring (bicyclic) bond motifs is 1. The molecular weight excluding hydrogens is 474 g/mol. The highest BCUT2D eigenvalue weighted by Gasteiger charge is 2.16. The van der Waals surface area contributed by atoms with Crippen molar-refractivity contribution in [1.29, 1.82) is 0 Å². The van der Waals surface area contributed by atoms with Gasteiger partial charge < -0.3 is 5.32 Å². The maximum atomic E-state index is 13.4. The van der Waals surface area contributed by atoms with Gasteiger partial charge in [0.2, 0.25) is 5.91 Å². The zero-order valence-corrected chi connectivity index (χ0v) is 19.5. The summed E-state index contributed by atoms with van der Waals surface area (Å²) in [5.41, 5.74) is 4.04. The molecule has 0 aliphatic carbocycles. The number of rotatable bonds is 5. The quantitative estimate of drug-likeness (QED) is 0.294. The van der Waals surface area contributed by atoms with Crippen molar-refractivity contribution in [2.45, 2.75) is 19.0 Å². The van der Waals surface area contributed by atoms with E-state index in [0.717, 1.165) is 21.3 Å². The Kier molecular flexibility index (Phi) is 6.25. The van der Waals surface area contributed by atoms with Crippen LogP contribution in [0.3, 0.4) is 0 Å². The average molecular weight is 494 g/mol. The molecule has 1 N–H and O–H groups in total. The van der Waals surface area contributed by atoms with Crippen molar-refractivity contribution in [2.24, 2.45) is 0 Å². The first-order valence-electron chi connectivity index (χ1n) is 9.70. The van der Waals surface area contributed by atoms with Gasteiger partial charge in [-0.05, 0) is 61.4 Å². The van der Waals surface area contributed by atoms with Gasteiger partial charge in [-0.2, -0.15) is 0 Å². The molecule has 1 heterocycles. The van der Waals surface area contributed by atoms with Crippen LogP contribution in [0.15, 0.2) is 81.2 Å². The number of amides is 1. The number of halogens is 1. The van der Waals surface area contributed by atoms with Gasteiger partial charge in [-0.25, -0.2) is 4.98 Å². The number of thioether (sulfide) groups is 1. The second kappa shape index (κ2) is 9.08. The highest BCUT2D eigenvalue weighted by Crippen LogP contribution is 2.25. The molecule has 4 rings (SSSR count). The summed E-state index contributed by atoms with van der Waals surface area (Å²) in [4.78, 5) is 30.7. The average Bonchev–Trinajstić information content (AvgIpc) is 2.75. The molecule has 1 amide bonds. The van der Waals surface area contributed by atoms with Crippen LogP contribution in [0.5, 0.6) is 0 Å². The third-order valence-electron chi connectivity index (χ3n) is 5.00. The maximum Gasteiger partial charge on any atom is 0.266 e. The molecule has 0 bridgehead atoms. The van der Waals surface area contributed by atoms with Crippen LogP contribution in [0.2, 0.25) is 0 Å². The van der Waals surface area contributed by atoms with Crippen molar-refractivity contribution < 1.29 is 4.79 Å². The molecule has 0 atom stereocenters. The fourth-order valence-corrected chi connectivity index (χ4v) is 4.50. The molecule has 0 fully saturated rings. The van der Waals surface area contributed by atoms with Crippen LogP contribution in [0.25, 0.3) is 16.6 Å². The van der Waals surface area contributed by atoms with Crippen LogP contribution in [-0.2, 0) is 4.79 Å². The number of benzene rings is 3. The van der Waals surface area contributed by atoms with Crippen LogP contribution in [0.4, 0.5) is 5.69 Å². The number of hydrogen-bond acceptors (Lipinski definition) is 4. The van der Waals surface area contributed by atoms with Gasteiger partial charge in [0.1, 0.15) is 0 Å². The zero-order valence-electron chi connectivity index (χ0n) is 17.1. The largest absolute Gasteiger partial charge is 0.325 e. The Balaban J connectivity index is 1.72. The first-order valence-corrected chi connectivity index (χ1v) is 11.5. The number of anilines is 1. The molecule has 0 radical (unpaired) electrons. The monoisotopic (exact) mass is 493 g/mol. The van der Waals surface area contributed by atoms with E-state index in [-0.39, 0.29) is 17.2 Å². The smallest absolute Gasteiger partial charge is 0.266 e. The Morgan fingerprint density at radius 2 is 1.84 bits per heavy atom. The Morgan fingerprint density at radius 3 is 2.65 bits per heavy atom. The third kappa shape index (κ3) is 4.57. The number of aromatic nitrogens is 2. The van der Waals surface area contributed by atoms with Gasteiger partial charge in [0.25, 0.3) is 5.56 Å². The number of carbonyl (C=O) groups excluding carboxylic acids is 1. The van der Waals surface area contributed by atoms with E-state index in [1.165, 1.54) is 11.8 Å². The lowest BCUT2D eigenvalue weighted by Crippen LogP contribution is -2.23. The molecule has 0 spiro atoms.